The summed E-state index contributed by atoms with van der Waals surface area (Å²) in [6.45, 7) is 7.75. The molecule has 0 unspecified atom stereocenters. The molecule has 40 heavy (non-hydrogen) atoms. The number of aryl methyl sites for hydroxylation is 1. The van der Waals surface area contributed by atoms with E-state index in [1.54, 1.807) is 61.1 Å². The number of oxazole rings is 1. The van der Waals surface area contributed by atoms with Gasteiger partial charge < -0.3 is 14.8 Å². The predicted molar refractivity (Wildman–Crippen MR) is 157 cm³/mol. The number of benzene rings is 2. The van der Waals surface area contributed by atoms with Gasteiger partial charge in [0, 0.05) is 42.2 Å². The van der Waals surface area contributed by atoms with Crippen LogP contribution in [0.15, 0.2) is 88.6 Å². The van der Waals surface area contributed by atoms with E-state index in [0.717, 1.165) is 42.4 Å². The van der Waals surface area contributed by atoms with Gasteiger partial charge in [0.25, 0.3) is 10.0 Å². The lowest BCUT2D eigenvalue weighted by molar-refractivity contribution is 0.174. The summed E-state index contributed by atoms with van der Waals surface area (Å²) in [6.07, 6.45) is 8.01. The lowest BCUT2D eigenvalue weighted by Gasteiger charge is -2.16. The summed E-state index contributed by atoms with van der Waals surface area (Å²) in [5.74, 6) is 1.32. The van der Waals surface area contributed by atoms with Gasteiger partial charge in [-0.05, 0) is 79.3 Å². The first-order chi connectivity index (χ1) is 19.1. The van der Waals surface area contributed by atoms with Gasteiger partial charge >= 0.3 is 0 Å². The maximum atomic E-state index is 12.9. The molecule has 2 heterocycles. The summed E-state index contributed by atoms with van der Waals surface area (Å²) in [4.78, 5) is 8.57. The van der Waals surface area contributed by atoms with E-state index in [1.807, 2.05) is 18.2 Å². The number of hydrogen-bond donors (Lipinski definition) is 3. The molecular formula is C31H38N4O4S. The number of anilines is 1. The van der Waals surface area contributed by atoms with Crippen molar-refractivity contribution in [2.45, 2.75) is 57.5 Å². The van der Waals surface area contributed by atoms with Crippen molar-refractivity contribution in [3.63, 3.8) is 0 Å². The van der Waals surface area contributed by atoms with Gasteiger partial charge in [-0.25, -0.2) is 13.4 Å². The third kappa shape index (κ3) is 8.74. The van der Waals surface area contributed by atoms with Gasteiger partial charge in [-0.15, -0.1) is 0 Å². The van der Waals surface area contributed by atoms with E-state index in [0.29, 0.717) is 30.4 Å². The molecule has 212 valence electrons. The molecule has 0 aliphatic rings. The SMILES string of the molecule is CC(C)(C)CCCc1ncc(-c2ccc(S(=O)(=O)Nc3ccc(CCNC[C@H](O)c4cccnc4)cc3)cc2)o1. The second kappa shape index (κ2) is 13.2. The molecule has 0 aliphatic heterocycles. The van der Waals surface area contributed by atoms with Crippen LogP contribution in [0.4, 0.5) is 5.69 Å². The van der Waals surface area contributed by atoms with Crippen LogP contribution in [-0.2, 0) is 22.9 Å². The zero-order valence-corrected chi connectivity index (χ0v) is 24.1. The summed E-state index contributed by atoms with van der Waals surface area (Å²) in [6, 6.07) is 17.5. The van der Waals surface area contributed by atoms with Crippen LogP contribution in [0.25, 0.3) is 11.3 Å². The largest absolute Gasteiger partial charge is 0.441 e. The number of sulfonamides is 1. The van der Waals surface area contributed by atoms with Crippen LogP contribution >= 0.6 is 0 Å². The number of nitrogens with one attached hydrogen (secondary N) is 2. The summed E-state index contributed by atoms with van der Waals surface area (Å²) in [7, 11) is -3.74. The Hall–Kier alpha value is -3.53. The molecular weight excluding hydrogens is 524 g/mol. The molecule has 0 spiro atoms. The summed E-state index contributed by atoms with van der Waals surface area (Å²) >= 11 is 0. The highest BCUT2D eigenvalue weighted by molar-refractivity contribution is 7.92. The monoisotopic (exact) mass is 562 g/mol. The van der Waals surface area contributed by atoms with E-state index in [2.05, 4.69) is 40.8 Å². The van der Waals surface area contributed by atoms with Crippen molar-refractivity contribution in [3.8, 4) is 11.3 Å². The van der Waals surface area contributed by atoms with Crippen LogP contribution in [0.5, 0.6) is 0 Å². The van der Waals surface area contributed by atoms with Crippen molar-refractivity contribution in [1.82, 2.24) is 15.3 Å². The van der Waals surface area contributed by atoms with Crippen molar-refractivity contribution in [2.24, 2.45) is 5.41 Å². The number of pyridine rings is 1. The summed E-state index contributed by atoms with van der Waals surface area (Å²) in [5, 5.41) is 13.4. The maximum absolute atomic E-state index is 12.9. The van der Waals surface area contributed by atoms with Crippen LogP contribution in [-0.4, -0.2) is 36.6 Å². The van der Waals surface area contributed by atoms with Crippen molar-refractivity contribution in [2.75, 3.05) is 17.8 Å². The van der Waals surface area contributed by atoms with Gasteiger partial charge in [-0.3, -0.25) is 9.71 Å². The van der Waals surface area contributed by atoms with E-state index in [-0.39, 0.29) is 10.3 Å². The molecule has 3 N–H and O–H groups in total. The average Bonchev–Trinajstić information content (AvgIpc) is 3.40. The van der Waals surface area contributed by atoms with E-state index < -0.39 is 16.1 Å². The zero-order valence-electron chi connectivity index (χ0n) is 23.3. The van der Waals surface area contributed by atoms with Crippen LogP contribution < -0.4 is 10.0 Å². The summed E-state index contributed by atoms with van der Waals surface area (Å²) < 4.78 is 34.4. The molecule has 8 nitrogen and oxygen atoms in total. The smallest absolute Gasteiger partial charge is 0.261 e. The number of hydrogen-bond acceptors (Lipinski definition) is 7. The highest BCUT2D eigenvalue weighted by atomic mass is 32.2. The average molecular weight is 563 g/mol. The van der Waals surface area contributed by atoms with Crippen LogP contribution in [0.2, 0.25) is 0 Å². The molecule has 0 bridgehead atoms. The Balaban J connectivity index is 1.26. The molecule has 0 saturated carbocycles. The van der Waals surface area contributed by atoms with E-state index in [4.69, 9.17) is 4.42 Å². The first-order valence-corrected chi connectivity index (χ1v) is 15.0. The Kier molecular flexibility index (Phi) is 9.73. The maximum Gasteiger partial charge on any atom is 0.261 e. The molecule has 4 aromatic rings. The minimum atomic E-state index is -3.74. The third-order valence-electron chi connectivity index (χ3n) is 6.52. The minimum Gasteiger partial charge on any atom is -0.441 e. The van der Waals surface area contributed by atoms with Gasteiger partial charge in [-0.2, -0.15) is 0 Å². The van der Waals surface area contributed by atoms with Crippen molar-refractivity contribution in [1.29, 1.82) is 0 Å². The standard InChI is InChI=1S/C31H38N4O4S/c1-31(2,3)17-4-7-30-34-22-29(39-30)24-10-14-27(15-11-24)40(37,38)35-26-12-8-23(9-13-26)16-19-33-21-28(36)25-6-5-18-32-20-25/h5-6,8-15,18,20,22,28,33,35-36H,4,7,16-17,19,21H2,1-3H3/t28-/m0/s1. The van der Waals surface area contributed by atoms with Gasteiger partial charge in [0.05, 0.1) is 17.2 Å². The predicted octanol–water partition coefficient (Wildman–Crippen LogP) is 5.77. The first kappa shape index (κ1) is 29.5. The molecule has 1 atom stereocenters. The zero-order chi connectivity index (χ0) is 28.6. The molecule has 4 rings (SSSR count). The Bertz CT molecular complexity index is 1450. The Morgan fingerprint density at radius 1 is 0.975 bits per heavy atom. The second-order valence-corrected chi connectivity index (χ2v) is 12.8. The van der Waals surface area contributed by atoms with Crippen LogP contribution in [0.1, 0.15) is 56.7 Å². The van der Waals surface area contributed by atoms with Gasteiger partial charge in [0.1, 0.15) is 0 Å². The van der Waals surface area contributed by atoms with Crippen LogP contribution in [0, 0.1) is 5.41 Å². The van der Waals surface area contributed by atoms with Gasteiger partial charge in [0.2, 0.25) is 0 Å². The first-order valence-electron chi connectivity index (χ1n) is 13.5. The second-order valence-electron chi connectivity index (χ2n) is 11.1. The molecule has 0 fully saturated rings. The van der Waals surface area contributed by atoms with E-state index in [9.17, 15) is 13.5 Å². The van der Waals surface area contributed by atoms with Crippen LogP contribution in [0.3, 0.4) is 0 Å². The number of aliphatic hydroxyl groups is 1. The topological polar surface area (TPSA) is 117 Å². The highest BCUT2D eigenvalue weighted by Gasteiger charge is 2.16. The molecule has 0 amide bonds. The van der Waals surface area contributed by atoms with E-state index >= 15 is 0 Å². The molecule has 0 aliphatic carbocycles. The fraction of sp³-hybridized carbons (Fsp3) is 0.355. The fourth-order valence-corrected chi connectivity index (χ4v) is 5.30. The Labute approximate surface area is 237 Å². The lowest BCUT2D eigenvalue weighted by Crippen LogP contribution is -2.23. The molecule has 2 aromatic heterocycles. The fourth-order valence-electron chi connectivity index (χ4n) is 4.24. The van der Waals surface area contributed by atoms with Gasteiger partial charge in [-0.1, -0.05) is 39.0 Å². The number of nitrogens with zero attached hydrogens (tertiary/aromatic N) is 2. The lowest BCUT2D eigenvalue weighted by atomic mass is 9.90. The normalized spacial score (nSPS) is 12.8. The Morgan fingerprint density at radius 2 is 1.73 bits per heavy atom. The van der Waals surface area contributed by atoms with Gasteiger partial charge in [0.15, 0.2) is 11.7 Å². The Morgan fingerprint density at radius 3 is 2.40 bits per heavy atom. The highest BCUT2D eigenvalue weighted by Crippen LogP contribution is 2.26. The number of aromatic nitrogens is 2. The quantitative estimate of drug-likeness (QED) is 0.177. The molecule has 9 heteroatoms. The number of aliphatic hydroxyl groups excluding tert-OH is 1. The summed E-state index contributed by atoms with van der Waals surface area (Å²) in [5.41, 5.74) is 3.37. The van der Waals surface area contributed by atoms with E-state index in [1.165, 1.54) is 0 Å². The van der Waals surface area contributed by atoms with Crippen molar-refractivity contribution >= 4 is 15.7 Å². The van der Waals surface area contributed by atoms with Crippen molar-refractivity contribution in [3.05, 3.63) is 96.3 Å². The third-order valence-corrected chi connectivity index (χ3v) is 7.92. The van der Waals surface area contributed by atoms with Crippen molar-refractivity contribution < 1.29 is 17.9 Å². The molecule has 2 aromatic carbocycles. The molecule has 0 saturated heterocycles. The molecule has 0 radical (unpaired) electrons. The number of rotatable bonds is 13. The minimum absolute atomic E-state index is 0.168.